The van der Waals surface area contributed by atoms with E-state index >= 15 is 0 Å². The molecule has 0 radical (unpaired) electrons. The van der Waals surface area contributed by atoms with Gasteiger partial charge in [-0.1, -0.05) is 12.1 Å². The molecule has 1 aromatic heterocycles. The number of nitrogens with zero attached hydrogens (tertiary/aromatic N) is 2. The predicted molar refractivity (Wildman–Crippen MR) is 78.4 cm³/mol. The molecule has 1 amide bonds. The van der Waals surface area contributed by atoms with Crippen LogP contribution in [0.5, 0.6) is 0 Å². The highest BCUT2D eigenvalue weighted by molar-refractivity contribution is 5.82. The Balaban J connectivity index is 2.18. The van der Waals surface area contributed by atoms with Crippen molar-refractivity contribution in [2.24, 2.45) is 7.05 Å². The molecule has 1 heterocycles. The lowest BCUT2D eigenvalue weighted by molar-refractivity contribution is -0.156. The van der Waals surface area contributed by atoms with Gasteiger partial charge in [0.15, 0.2) is 5.60 Å². The molecule has 118 valence electrons. The number of aliphatic carboxylic acids is 1. The summed E-state index contributed by atoms with van der Waals surface area (Å²) < 4.78 is 2.72. The van der Waals surface area contributed by atoms with Crippen molar-refractivity contribution < 1.29 is 19.8 Å². The number of hydrogen-bond donors (Lipinski definition) is 3. The zero-order valence-electron chi connectivity index (χ0n) is 12.2. The van der Waals surface area contributed by atoms with Crippen molar-refractivity contribution in [3.63, 3.8) is 0 Å². The standard InChI is InChI=1S/C14H17N3O5/c1-14(22,12(19)20)8-15-11(18)7-17-10-6-4-3-5-9(10)16(2)13(17)21/h3-6,22H,7-8H2,1-2H3,(H,15,18)(H,19,20). The second-order valence-electron chi connectivity index (χ2n) is 5.27. The minimum Gasteiger partial charge on any atom is -0.479 e. The summed E-state index contributed by atoms with van der Waals surface area (Å²) in [6.45, 7) is 0.385. The van der Waals surface area contributed by atoms with Crippen molar-refractivity contribution in [3.05, 3.63) is 34.7 Å². The first-order chi connectivity index (χ1) is 10.2. The Bertz CT molecular complexity index is 787. The molecule has 8 heteroatoms. The van der Waals surface area contributed by atoms with Gasteiger partial charge in [-0.3, -0.25) is 13.9 Å². The Labute approximate surface area is 125 Å². The van der Waals surface area contributed by atoms with Gasteiger partial charge in [0.25, 0.3) is 0 Å². The molecule has 0 aliphatic rings. The maximum Gasteiger partial charge on any atom is 0.337 e. The first kappa shape index (κ1) is 15.8. The normalized spacial score (nSPS) is 13.8. The smallest absolute Gasteiger partial charge is 0.337 e. The molecular formula is C14H17N3O5. The molecule has 22 heavy (non-hydrogen) atoms. The highest BCUT2D eigenvalue weighted by atomic mass is 16.4. The topological polar surface area (TPSA) is 114 Å². The third-order valence-corrected chi connectivity index (χ3v) is 3.44. The molecule has 1 atom stereocenters. The average Bonchev–Trinajstić information content (AvgIpc) is 2.71. The fraction of sp³-hybridized carbons (Fsp3) is 0.357. The Morgan fingerprint density at radius 1 is 1.27 bits per heavy atom. The second kappa shape index (κ2) is 5.64. The van der Waals surface area contributed by atoms with Gasteiger partial charge in [0.1, 0.15) is 6.54 Å². The van der Waals surface area contributed by atoms with Crippen molar-refractivity contribution in [3.8, 4) is 0 Å². The molecule has 1 unspecified atom stereocenters. The predicted octanol–water partition coefficient (Wildman–Crippen LogP) is -0.708. The largest absolute Gasteiger partial charge is 0.479 e. The monoisotopic (exact) mass is 307 g/mol. The van der Waals surface area contributed by atoms with Gasteiger partial charge >= 0.3 is 11.7 Å². The van der Waals surface area contributed by atoms with E-state index in [0.717, 1.165) is 6.92 Å². The van der Waals surface area contributed by atoms with Crippen molar-refractivity contribution in [2.75, 3.05) is 6.54 Å². The lowest BCUT2D eigenvalue weighted by atomic mass is 10.1. The number of carboxylic acid groups (broad SMARTS) is 1. The van der Waals surface area contributed by atoms with Gasteiger partial charge in [0.2, 0.25) is 5.91 Å². The summed E-state index contributed by atoms with van der Waals surface area (Å²) in [6, 6.07) is 7.03. The number of aliphatic hydroxyl groups is 1. The van der Waals surface area contributed by atoms with Crippen molar-refractivity contribution in [2.45, 2.75) is 19.1 Å². The lowest BCUT2D eigenvalue weighted by Crippen LogP contribution is -2.47. The summed E-state index contributed by atoms with van der Waals surface area (Å²) >= 11 is 0. The van der Waals surface area contributed by atoms with Gasteiger partial charge < -0.3 is 15.5 Å². The number of para-hydroxylation sites is 2. The fourth-order valence-electron chi connectivity index (χ4n) is 2.06. The number of benzene rings is 1. The molecule has 3 N–H and O–H groups in total. The van der Waals surface area contributed by atoms with Crippen molar-refractivity contribution in [1.29, 1.82) is 0 Å². The number of carboxylic acids is 1. The van der Waals surface area contributed by atoms with E-state index in [4.69, 9.17) is 5.11 Å². The Morgan fingerprint density at radius 2 is 1.86 bits per heavy atom. The maximum atomic E-state index is 12.1. The highest BCUT2D eigenvalue weighted by Gasteiger charge is 2.30. The molecule has 0 saturated heterocycles. The van der Waals surface area contributed by atoms with E-state index in [2.05, 4.69) is 5.32 Å². The second-order valence-corrected chi connectivity index (χ2v) is 5.27. The fourth-order valence-corrected chi connectivity index (χ4v) is 2.06. The number of aryl methyl sites for hydroxylation is 1. The van der Waals surface area contributed by atoms with E-state index in [9.17, 15) is 19.5 Å². The van der Waals surface area contributed by atoms with E-state index in [1.54, 1.807) is 31.3 Å². The van der Waals surface area contributed by atoms with Gasteiger partial charge in [-0.05, 0) is 19.1 Å². The van der Waals surface area contributed by atoms with Crippen LogP contribution in [0.3, 0.4) is 0 Å². The Hall–Kier alpha value is -2.61. The number of carbonyl (C=O) groups is 2. The molecule has 0 aliphatic carbocycles. The van der Waals surface area contributed by atoms with Crippen LogP contribution in [0.15, 0.2) is 29.1 Å². The van der Waals surface area contributed by atoms with Crippen molar-refractivity contribution >= 4 is 22.9 Å². The van der Waals surface area contributed by atoms with Crippen LogP contribution in [0.4, 0.5) is 0 Å². The minimum absolute atomic E-state index is 0.254. The SMILES string of the molecule is Cn1c(=O)n(CC(=O)NCC(C)(O)C(=O)O)c2ccccc21. The van der Waals surface area contributed by atoms with E-state index < -0.39 is 24.0 Å². The van der Waals surface area contributed by atoms with Gasteiger partial charge in [-0.25, -0.2) is 9.59 Å². The molecule has 0 bridgehead atoms. The first-order valence-corrected chi connectivity index (χ1v) is 6.61. The summed E-state index contributed by atoms with van der Waals surface area (Å²) in [5, 5.41) is 20.6. The molecule has 0 spiro atoms. The quantitative estimate of drug-likeness (QED) is 0.675. The number of nitrogens with one attached hydrogen (secondary N) is 1. The Kier molecular flexibility index (Phi) is 4.05. The van der Waals surface area contributed by atoms with E-state index in [1.165, 1.54) is 9.13 Å². The van der Waals surface area contributed by atoms with Crippen LogP contribution < -0.4 is 11.0 Å². The van der Waals surface area contributed by atoms with Crippen LogP contribution in [-0.4, -0.2) is 43.4 Å². The zero-order chi connectivity index (χ0) is 16.5. The third kappa shape index (κ3) is 2.86. The number of rotatable bonds is 5. The number of fused-ring (bicyclic) bond motifs is 1. The van der Waals surface area contributed by atoms with Crippen LogP contribution >= 0.6 is 0 Å². The van der Waals surface area contributed by atoms with Gasteiger partial charge in [0, 0.05) is 7.05 Å². The number of carbonyl (C=O) groups excluding carboxylic acids is 1. The van der Waals surface area contributed by atoms with Gasteiger partial charge in [0.05, 0.1) is 17.6 Å². The lowest BCUT2D eigenvalue weighted by Gasteiger charge is -2.18. The zero-order valence-corrected chi connectivity index (χ0v) is 12.2. The van der Waals surface area contributed by atoms with E-state index in [-0.39, 0.29) is 12.2 Å². The average molecular weight is 307 g/mol. The first-order valence-electron chi connectivity index (χ1n) is 6.61. The number of amides is 1. The molecular weight excluding hydrogens is 290 g/mol. The van der Waals surface area contributed by atoms with Crippen LogP contribution in [0.25, 0.3) is 11.0 Å². The van der Waals surface area contributed by atoms with E-state index in [0.29, 0.717) is 11.0 Å². The highest BCUT2D eigenvalue weighted by Crippen LogP contribution is 2.11. The molecule has 0 aliphatic heterocycles. The number of aromatic nitrogens is 2. The molecule has 1 aromatic carbocycles. The molecule has 0 fully saturated rings. The van der Waals surface area contributed by atoms with Crippen LogP contribution in [-0.2, 0) is 23.2 Å². The van der Waals surface area contributed by atoms with Crippen LogP contribution in [0.1, 0.15) is 6.92 Å². The summed E-state index contributed by atoms with van der Waals surface area (Å²) in [5.41, 5.74) is -1.10. The summed E-state index contributed by atoms with van der Waals surface area (Å²) in [7, 11) is 1.61. The third-order valence-electron chi connectivity index (χ3n) is 3.44. The maximum absolute atomic E-state index is 12.1. The van der Waals surface area contributed by atoms with Crippen LogP contribution in [0.2, 0.25) is 0 Å². The Morgan fingerprint density at radius 3 is 2.45 bits per heavy atom. The van der Waals surface area contributed by atoms with Crippen LogP contribution in [0, 0.1) is 0 Å². The molecule has 2 rings (SSSR count). The molecule has 0 saturated carbocycles. The summed E-state index contributed by atoms with van der Waals surface area (Å²) in [4.78, 5) is 34.8. The molecule has 2 aromatic rings. The van der Waals surface area contributed by atoms with Crippen molar-refractivity contribution in [1.82, 2.24) is 14.5 Å². The minimum atomic E-state index is -2.06. The van der Waals surface area contributed by atoms with E-state index in [1.807, 2.05) is 0 Å². The number of hydrogen-bond acceptors (Lipinski definition) is 4. The van der Waals surface area contributed by atoms with Gasteiger partial charge in [-0.15, -0.1) is 0 Å². The summed E-state index contributed by atoms with van der Waals surface area (Å²) in [6.07, 6.45) is 0. The summed E-state index contributed by atoms with van der Waals surface area (Å²) in [5.74, 6) is -1.99. The number of imidazole rings is 1. The van der Waals surface area contributed by atoms with Gasteiger partial charge in [-0.2, -0.15) is 0 Å². The molecule has 8 nitrogen and oxygen atoms in total.